The first-order chi connectivity index (χ1) is 10.3. The maximum atomic E-state index is 12.2. The van der Waals surface area contributed by atoms with E-state index in [1.165, 1.54) is 5.56 Å². The van der Waals surface area contributed by atoms with Gasteiger partial charge in [0.1, 0.15) is 0 Å². The van der Waals surface area contributed by atoms with Crippen LogP contribution in [0.5, 0.6) is 0 Å². The molecule has 1 amide bonds. The van der Waals surface area contributed by atoms with Crippen LogP contribution in [0.4, 0.5) is 5.69 Å². The monoisotopic (exact) mass is 299 g/mol. The Kier molecular flexibility index (Phi) is 5.01. The van der Waals surface area contributed by atoms with Gasteiger partial charge in [0.25, 0.3) is 0 Å². The molecular weight excluding hydrogens is 274 g/mol. The summed E-state index contributed by atoms with van der Waals surface area (Å²) in [6.07, 6.45) is 2.21. The fourth-order valence-corrected chi connectivity index (χ4v) is 2.40. The number of rotatable bonds is 5. The van der Waals surface area contributed by atoms with Crippen molar-refractivity contribution in [1.29, 1.82) is 0 Å². The fourth-order valence-electron chi connectivity index (χ4n) is 2.40. The first-order valence-corrected chi connectivity index (χ1v) is 7.73. The highest BCUT2D eigenvalue weighted by Gasteiger charge is 2.19. The molecule has 0 aliphatic carbocycles. The SMILES string of the molecule is Cc1[nH]nc(CCc2ccccc2)c1NC(=O)CC(C)(C)C. The zero-order chi connectivity index (χ0) is 16.2. The summed E-state index contributed by atoms with van der Waals surface area (Å²) in [4.78, 5) is 12.2. The fraction of sp³-hybridized carbons (Fsp3) is 0.444. The number of carbonyl (C=O) groups is 1. The summed E-state index contributed by atoms with van der Waals surface area (Å²) in [5, 5.41) is 10.3. The number of nitrogens with one attached hydrogen (secondary N) is 2. The Balaban J connectivity index is 2.03. The maximum absolute atomic E-state index is 12.2. The molecule has 0 radical (unpaired) electrons. The predicted molar refractivity (Wildman–Crippen MR) is 89.9 cm³/mol. The van der Waals surface area contributed by atoms with E-state index in [0.29, 0.717) is 6.42 Å². The van der Waals surface area contributed by atoms with Crippen molar-refractivity contribution in [2.24, 2.45) is 5.41 Å². The number of hydrogen-bond donors (Lipinski definition) is 2. The molecule has 0 aliphatic rings. The summed E-state index contributed by atoms with van der Waals surface area (Å²) in [6, 6.07) is 10.3. The number of amides is 1. The third-order valence-corrected chi connectivity index (χ3v) is 3.47. The Labute approximate surface area is 132 Å². The van der Waals surface area contributed by atoms with E-state index >= 15 is 0 Å². The molecule has 0 aliphatic heterocycles. The number of nitrogens with zero attached hydrogens (tertiary/aromatic N) is 1. The van der Waals surface area contributed by atoms with E-state index < -0.39 is 0 Å². The van der Waals surface area contributed by atoms with Gasteiger partial charge in [0.15, 0.2) is 0 Å². The standard InChI is InChI=1S/C18H25N3O/c1-13-17(19-16(22)12-18(2,3)4)15(21-20-13)11-10-14-8-6-5-7-9-14/h5-9H,10-12H2,1-4H3,(H,19,22)(H,20,21). The lowest BCUT2D eigenvalue weighted by molar-refractivity contribution is -0.117. The lowest BCUT2D eigenvalue weighted by Crippen LogP contribution is -2.20. The van der Waals surface area contributed by atoms with Crippen molar-refractivity contribution in [2.75, 3.05) is 5.32 Å². The van der Waals surface area contributed by atoms with Crippen LogP contribution < -0.4 is 5.32 Å². The number of anilines is 1. The van der Waals surface area contributed by atoms with Crippen LogP contribution >= 0.6 is 0 Å². The van der Waals surface area contributed by atoms with Gasteiger partial charge in [-0.3, -0.25) is 9.89 Å². The van der Waals surface area contributed by atoms with Crippen molar-refractivity contribution >= 4 is 11.6 Å². The van der Waals surface area contributed by atoms with Crippen molar-refractivity contribution in [3.63, 3.8) is 0 Å². The second-order valence-electron chi connectivity index (χ2n) is 6.94. The van der Waals surface area contributed by atoms with Gasteiger partial charge in [-0.25, -0.2) is 0 Å². The normalized spacial score (nSPS) is 11.5. The number of aromatic amines is 1. The lowest BCUT2D eigenvalue weighted by Gasteiger charge is -2.17. The molecule has 1 aromatic carbocycles. The van der Waals surface area contributed by atoms with E-state index in [9.17, 15) is 4.79 Å². The Morgan fingerprint density at radius 1 is 1.18 bits per heavy atom. The molecule has 0 saturated carbocycles. The molecule has 2 aromatic rings. The average molecular weight is 299 g/mol. The van der Waals surface area contributed by atoms with Crippen LogP contribution in [0, 0.1) is 12.3 Å². The number of hydrogen-bond acceptors (Lipinski definition) is 2. The summed E-state index contributed by atoms with van der Waals surface area (Å²) in [5.74, 6) is 0.0398. The van der Waals surface area contributed by atoms with Gasteiger partial charge < -0.3 is 5.32 Å². The van der Waals surface area contributed by atoms with Crippen LogP contribution in [-0.4, -0.2) is 16.1 Å². The molecule has 0 atom stereocenters. The molecule has 0 saturated heterocycles. The van der Waals surface area contributed by atoms with Gasteiger partial charge in [0.05, 0.1) is 17.1 Å². The molecule has 1 heterocycles. The smallest absolute Gasteiger partial charge is 0.224 e. The third-order valence-electron chi connectivity index (χ3n) is 3.47. The van der Waals surface area contributed by atoms with Gasteiger partial charge in [-0.15, -0.1) is 0 Å². The van der Waals surface area contributed by atoms with Gasteiger partial charge in [-0.2, -0.15) is 5.10 Å². The van der Waals surface area contributed by atoms with Gasteiger partial charge in [-0.05, 0) is 30.7 Å². The van der Waals surface area contributed by atoms with E-state index in [4.69, 9.17) is 0 Å². The van der Waals surface area contributed by atoms with Crippen LogP contribution in [0.3, 0.4) is 0 Å². The van der Waals surface area contributed by atoms with Gasteiger partial charge in [0.2, 0.25) is 5.91 Å². The van der Waals surface area contributed by atoms with Crippen LogP contribution in [0.1, 0.15) is 44.1 Å². The molecule has 2 rings (SSSR count). The van der Waals surface area contributed by atoms with Crippen LogP contribution in [0.2, 0.25) is 0 Å². The second kappa shape index (κ2) is 6.77. The van der Waals surface area contributed by atoms with Crippen LogP contribution in [0.15, 0.2) is 30.3 Å². The molecule has 4 nitrogen and oxygen atoms in total. The van der Waals surface area contributed by atoms with Crippen molar-refractivity contribution in [1.82, 2.24) is 10.2 Å². The van der Waals surface area contributed by atoms with Crippen molar-refractivity contribution < 1.29 is 4.79 Å². The van der Waals surface area contributed by atoms with Gasteiger partial charge >= 0.3 is 0 Å². The van der Waals surface area contributed by atoms with Crippen LogP contribution in [0.25, 0.3) is 0 Å². The average Bonchev–Trinajstić information content (AvgIpc) is 2.77. The quantitative estimate of drug-likeness (QED) is 0.880. The second-order valence-corrected chi connectivity index (χ2v) is 6.94. The molecule has 2 N–H and O–H groups in total. The zero-order valence-corrected chi connectivity index (χ0v) is 13.9. The van der Waals surface area contributed by atoms with Gasteiger partial charge in [0, 0.05) is 6.42 Å². The minimum atomic E-state index is -0.0219. The maximum Gasteiger partial charge on any atom is 0.224 e. The Morgan fingerprint density at radius 3 is 2.50 bits per heavy atom. The summed E-state index contributed by atoms with van der Waals surface area (Å²) in [5.41, 5.74) is 3.92. The van der Waals surface area contributed by atoms with Crippen molar-refractivity contribution in [3.8, 4) is 0 Å². The van der Waals surface area contributed by atoms with E-state index in [0.717, 1.165) is 29.9 Å². The molecule has 0 spiro atoms. The summed E-state index contributed by atoms with van der Waals surface area (Å²) in [7, 11) is 0. The van der Waals surface area contributed by atoms with E-state index in [1.54, 1.807) is 0 Å². The summed E-state index contributed by atoms with van der Waals surface area (Å²) < 4.78 is 0. The summed E-state index contributed by atoms with van der Waals surface area (Å²) >= 11 is 0. The third kappa shape index (κ3) is 4.72. The number of benzene rings is 1. The number of carbonyl (C=O) groups excluding carboxylic acids is 1. The molecule has 0 bridgehead atoms. The Hall–Kier alpha value is -2.10. The van der Waals surface area contributed by atoms with Crippen LogP contribution in [-0.2, 0) is 17.6 Å². The lowest BCUT2D eigenvalue weighted by atomic mass is 9.92. The molecule has 0 unspecified atom stereocenters. The molecule has 22 heavy (non-hydrogen) atoms. The number of aryl methyl sites for hydroxylation is 3. The molecule has 4 heteroatoms. The predicted octanol–water partition coefficient (Wildman–Crippen LogP) is 3.88. The number of aromatic nitrogens is 2. The molecule has 1 aromatic heterocycles. The highest BCUT2D eigenvalue weighted by atomic mass is 16.1. The minimum absolute atomic E-state index is 0.0219. The Morgan fingerprint density at radius 2 is 1.86 bits per heavy atom. The van der Waals surface area contributed by atoms with E-state index in [2.05, 4.69) is 48.4 Å². The first-order valence-electron chi connectivity index (χ1n) is 7.73. The highest BCUT2D eigenvalue weighted by molar-refractivity contribution is 5.92. The molecule has 0 fully saturated rings. The van der Waals surface area contributed by atoms with Gasteiger partial charge in [-0.1, -0.05) is 51.1 Å². The molecular formula is C18H25N3O. The first kappa shape index (κ1) is 16.3. The highest BCUT2D eigenvalue weighted by Crippen LogP contribution is 2.23. The van der Waals surface area contributed by atoms with E-state index in [1.807, 2.05) is 25.1 Å². The zero-order valence-electron chi connectivity index (χ0n) is 13.9. The molecule has 118 valence electrons. The van der Waals surface area contributed by atoms with E-state index in [-0.39, 0.29) is 11.3 Å². The Bertz CT molecular complexity index is 624. The minimum Gasteiger partial charge on any atom is -0.323 e. The van der Waals surface area contributed by atoms with Crippen molar-refractivity contribution in [2.45, 2.75) is 47.0 Å². The van der Waals surface area contributed by atoms with Crippen molar-refractivity contribution in [3.05, 3.63) is 47.3 Å². The number of H-pyrrole nitrogens is 1. The topological polar surface area (TPSA) is 57.8 Å². The largest absolute Gasteiger partial charge is 0.323 e. The summed E-state index contributed by atoms with van der Waals surface area (Å²) in [6.45, 7) is 8.12.